The highest BCUT2D eigenvalue weighted by Gasteiger charge is 2.27. The molecule has 3 N–H and O–H groups in total. The molecular formula is C11H15BrN2O2. The van der Waals surface area contributed by atoms with E-state index in [9.17, 15) is 4.79 Å². The summed E-state index contributed by atoms with van der Waals surface area (Å²) in [4.78, 5) is 11.1. The fourth-order valence-electron chi connectivity index (χ4n) is 1.66. The van der Waals surface area contributed by atoms with Crippen molar-refractivity contribution in [3.05, 3.63) is 34.3 Å². The molecule has 16 heavy (non-hydrogen) atoms. The Balaban J connectivity index is 3.06. The molecule has 0 aromatic heterocycles. The standard InChI is InChI=1S/C11H15BrN2O2/c1-13-9(10(14-2)11(15)16)7-5-3-4-6-8(7)12/h3-6,9-10,13-14H,1-2H3,(H,15,16). The topological polar surface area (TPSA) is 61.4 Å². The molecule has 2 atom stereocenters. The van der Waals surface area contributed by atoms with Crippen LogP contribution in [0.25, 0.3) is 0 Å². The zero-order valence-corrected chi connectivity index (χ0v) is 10.8. The Hall–Kier alpha value is -0.910. The number of aliphatic carboxylic acids is 1. The second kappa shape index (κ2) is 5.98. The first kappa shape index (κ1) is 13.2. The number of hydrogen-bond acceptors (Lipinski definition) is 3. The number of halogens is 1. The molecule has 5 heteroatoms. The lowest BCUT2D eigenvalue weighted by Gasteiger charge is -2.24. The average Bonchev–Trinajstić information content (AvgIpc) is 2.26. The van der Waals surface area contributed by atoms with Crippen molar-refractivity contribution in [2.75, 3.05) is 14.1 Å². The summed E-state index contributed by atoms with van der Waals surface area (Å²) < 4.78 is 0.899. The summed E-state index contributed by atoms with van der Waals surface area (Å²) in [6, 6.07) is 6.64. The lowest BCUT2D eigenvalue weighted by molar-refractivity contribution is -0.140. The molecule has 1 rings (SSSR count). The molecule has 2 unspecified atom stereocenters. The van der Waals surface area contributed by atoms with Gasteiger partial charge in [0.05, 0.1) is 6.04 Å². The van der Waals surface area contributed by atoms with Crippen molar-refractivity contribution in [1.29, 1.82) is 0 Å². The molecule has 4 nitrogen and oxygen atoms in total. The van der Waals surface area contributed by atoms with Crippen LogP contribution in [-0.4, -0.2) is 31.2 Å². The molecule has 0 spiro atoms. The van der Waals surface area contributed by atoms with Gasteiger partial charge in [0.2, 0.25) is 0 Å². The number of carbonyl (C=O) groups is 1. The smallest absolute Gasteiger partial charge is 0.322 e. The van der Waals surface area contributed by atoms with Gasteiger partial charge < -0.3 is 15.7 Å². The number of likely N-dealkylation sites (N-methyl/N-ethyl adjacent to an activating group) is 2. The van der Waals surface area contributed by atoms with E-state index in [4.69, 9.17) is 5.11 Å². The second-order valence-electron chi connectivity index (χ2n) is 3.39. The van der Waals surface area contributed by atoms with E-state index < -0.39 is 12.0 Å². The van der Waals surface area contributed by atoms with Crippen LogP contribution in [0, 0.1) is 0 Å². The van der Waals surface area contributed by atoms with Gasteiger partial charge in [0.15, 0.2) is 0 Å². The van der Waals surface area contributed by atoms with E-state index in [1.165, 1.54) is 0 Å². The van der Waals surface area contributed by atoms with E-state index in [2.05, 4.69) is 26.6 Å². The zero-order valence-electron chi connectivity index (χ0n) is 9.20. The van der Waals surface area contributed by atoms with Gasteiger partial charge in [-0.25, -0.2) is 0 Å². The van der Waals surface area contributed by atoms with Crippen molar-refractivity contribution < 1.29 is 9.90 Å². The summed E-state index contributed by atoms with van der Waals surface area (Å²) >= 11 is 3.42. The molecule has 88 valence electrons. The third-order valence-corrected chi connectivity index (χ3v) is 3.18. The van der Waals surface area contributed by atoms with Gasteiger partial charge >= 0.3 is 5.97 Å². The van der Waals surface area contributed by atoms with Crippen LogP contribution >= 0.6 is 15.9 Å². The Bertz CT molecular complexity index is 371. The minimum Gasteiger partial charge on any atom is -0.480 e. The molecule has 0 aliphatic rings. The van der Waals surface area contributed by atoms with Crippen molar-refractivity contribution in [2.45, 2.75) is 12.1 Å². The van der Waals surface area contributed by atoms with Crippen LogP contribution in [-0.2, 0) is 4.79 Å². The number of nitrogens with one attached hydrogen (secondary N) is 2. The lowest BCUT2D eigenvalue weighted by Crippen LogP contribution is -2.44. The van der Waals surface area contributed by atoms with Gasteiger partial charge in [-0.3, -0.25) is 4.79 Å². The predicted octanol–water partition coefficient (Wildman–Crippen LogP) is 1.38. The highest BCUT2D eigenvalue weighted by Crippen LogP contribution is 2.25. The van der Waals surface area contributed by atoms with Gasteiger partial charge in [-0.2, -0.15) is 0 Å². The summed E-state index contributed by atoms with van der Waals surface area (Å²) in [6.07, 6.45) is 0. The predicted molar refractivity (Wildman–Crippen MR) is 66.4 cm³/mol. The van der Waals surface area contributed by atoms with Crippen LogP contribution < -0.4 is 10.6 Å². The Kier molecular flexibility index (Phi) is 4.92. The SMILES string of the molecule is CNC(C(=O)O)C(NC)c1ccccc1Br. The molecule has 0 aliphatic heterocycles. The van der Waals surface area contributed by atoms with E-state index >= 15 is 0 Å². The molecule has 0 saturated heterocycles. The highest BCUT2D eigenvalue weighted by atomic mass is 79.9. The van der Waals surface area contributed by atoms with E-state index in [0.717, 1.165) is 10.0 Å². The minimum atomic E-state index is -0.877. The summed E-state index contributed by atoms with van der Waals surface area (Å²) in [6.45, 7) is 0. The summed E-state index contributed by atoms with van der Waals surface area (Å²) in [7, 11) is 3.39. The average molecular weight is 287 g/mol. The largest absolute Gasteiger partial charge is 0.480 e. The number of carboxylic acids is 1. The Morgan fingerprint density at radius 1 is 1.31 bits per heavy atom. The van der Waals surface area contributed by atoms with E-state index in [1.807, 2.05) is 24.3 Å². The van der Waals surface area contributed by atoms with Crippen molar-refractivity contribution in [1.82, 2.24) is 10.6 Å². The van der Waals surface area contributed by atoms with E-state index in [0.29, 0.717) is 0 Å². The molecule has 0 saturated carbocycles. The fraction of sp³-hybridized carbons (Fsp3) is 0.364. The van der Waals surface area contributed by atoms with Crippen LogP contribution in [0.2, 0.25) is 0 Å². The second-order valence-corrected chi connectivity index (χ2v) is 4.25. The van der Waals surface area contributed by atoms with Crippen LogP contribution in [0.1, 0.15) is 11.6 Å². The molecule has 0 bridgehead atoms. The van der Waals surface area contributed by atoms with Crippen molar-refractivity contribution in [3.8, 4) is 0 Å². The normalized spacial score (nSPS) is 14.4. The van der Waals surface area contributed by atoms with E-state index in [-0.39, 0.29) is 6.04 Å². The molecule has 0 fully saturated rings. The van der Waals surface area contributed by atoms with Gasteiger partial charge in [-0.1, -0.05) is 34.1 Å². The quantitative estimate of drug-likeness (QED) is 0.765. The highest BCUT2D eigenvalue weighted by molar-refractivity contribution is 9.10. The maximum Gasteiger partial charge on any atom is 0.322 e. The van der Waals surface area contributed by atoms with Crippen LogP contribution in [0.5, 0.6) is 0 Å². The monoisotopic (exact) mass is 286 g/mol. The molecule has 1 aromatic rings. The molecule has 0 heterocycles. The summed E-state index contributed by atoms with van der Waals surface area (Å²) in [5.74, 6) is -0.877. The van der Waals surface area contributed by atoms with Gasteiger partial charge in [-0.05, 0) is 25.7 Å². The minimum absolute atomic E-state index is 0.280. The Labute approximate surface area is 103 Å². The van der Waals surface area contributed by atoms with Gasteiger partial charge in [0.25, 0.3) is 0 Å². The number of hydrogen-bond donors (Lipinski definition) is 3. The maximum atomic E-state index is 11.1. The first-order valence-electron chi connectivity index (χ1n) is 4.93. The third kappa shape index (κ3) is 2.81. The van der Waals surface area contributed by atoms with Crippen molar-refractivity contribution in [3.63, 3.8) is 0 Å². The Morgan fingerprint density at radius 3 is 2.38 bits per heavy atom. The number of rotatable bonds is 5. The first-order chi connectivity index (χ1) is 7.61. The van der Waals surface area contributed by atoms with Gasteiger partial charge in [0, 0.05) is 4.47 Å². The van der Waals surface area contributed by atoms with Crippen molar-refractivity contribution in [2.24, 2.45) is 0 Å². The molecular weight excluding hydrogens is 272 g/mol. The molecule has 0 radical (unpaired) electrons. The Morgan fingerprint density at radius 2 is 1.94 bits per heavy atom. The van der Waals surface area contributed by atoms with Gasteiger partial charge in [0.1, 0.15) is 6.04 Å². The maximum absolute atomic E-state index is 11.1. The van der Waals surface area contributed by atoms with E-state index in [1.54, 1.807) is 14.1 Å². The summed E-state index contributed by atoms with van der Waals surface area (Å²) in [5, 5.41) is 14.9. The number of carboxylic acid groups (broad SMARTS) is 1. The first-order valence-corrected chi connectivity index (χ1v) is 5.73. The summed E-state index contributed by atoms with van der Waals surface area (Å²) in [5.41, 5.74) is 0.923. The van der Waals surface area contributed by atoms with Crippen molar-refractivity contribution >= 4 is 21.9 Å². The van der Waals surface area contributed by atoms with Crippen LogP contribution in [0.4, 0.5) is 0 Å². The van der Waals surface area contributed by atoms with Crippen LogP contribution in [0.15, 0.2) is 28.7 Å². The molecule has 0 aliphatic carbocycles. The number of benzene rings is 1. The molecule has 0 amide bonds. The fourth-order valence-corrected chi connectivity index (χ4v) is 2.19. The zero-order chi connectivity index (χ0) is 12.1. The third-order valence-electron chi connectivity index (χ3n) is 2.46. The van der Waals surface area contributed by atoms with Crippen LogP contribution in [0.3, 0.4) is 0 Å². The molecule has 1 aromatic carbocycles. The lowest BCUT2D eigenvalue weighted by atomic mass is 9.99. The van der Waals surface area contributed by atoms with Gasteiger partial charge in [-0.15, -0.1) is 0 Å².